The predicted molar refractivity (Wildman–Crippen MR) is 90.4 cm³/mol. The molecule has 22 heavy (non-hydrogen) atoms. The molecule has 0 spiro atoms. The second-order valence-electron chi connectivity index (χ2n) is 8.57. The van der Waals surface area contributed by atoms with Crippen LogP contribution in [0.5, 0.6) is 5.75 Å². The van der Waals surface area contributed by atoms with Crippen LogP contribution in [0.15, 0.2) is 12.1 Å². The van der Waals surface area contributed by atoms with Crippen molar-refractivity contribution >= 4 is 0 Å². The molecule has 122 valence electrons. The lowest BCUT2D eigenvalue weighted by Crippen LogP contribution is -2.53. The topological polar surface area (TPSA) is 40.5 Å². The zero-order chi connectivity index (χ0) is 16.3. The van der Waals surface area contributed by atoms with E-state index in [-0.39, 0.29) is 16.9 Å². The molecule has 0 aliphatic heterocycles. The highest BCUT2D eigenvalue weighted by molar-refractivity contribution is 5.51. The van der Waals surface area contributed by atoms with Crippen LogP contribution in [0.2, 0.25) is 0 Å². The van der Waals surface area contributed by atoms with Crippen molar-refractivity contribution in [2.45, 2.75) is 77.7 Å². The van der Waals surface area contributed by atoms with E-state index in [2.05, 4.69) is 46.8 Å². The molecular formula is C20H30O2. The molecule has 0 radical (unpaired) electrons. The van der Waals surface area contributed by atoms with Crippen molar-refractivity contribution < 1.29 is 10.2 Å². The Balaban J connectivity index is 2.12. The van der Waals surface area contributed by atoms with Crippen molar-refractivity contribution in [1.29, 1.82) is 0 Å². The summed E-state index contributed by atoms with van der Waals surface area (Å²) in [5, 5.41) is 21.2. The van der Waals surface area contributed by atoms with Gasteiger partial charge in [0.15, 0.2) is 0 Å². The summed E-state index contributed by atoms with van der Waals surface area (Å²) in [5.41, 5.74) is 3.57. The van der Waals surface area contributed by atoms with E-state index in [1.165, 1.54) is 5.56 Å². The molecule has 1 aromatic carbocycles. The number of phenols is 1. The normalized spacial score (nSPS) is 33.4. The average molecular weight is 302 g/mol. The average Bonchev–Trinajstić information content (AvgIpc) is 2.44. The highest BCUT2D eigenvalue weighted by Crippen LogP contribution is 2.58. The van der Waals surface area contributed by atoms with E-state index in [0.29, 0.717) is 17.6 Å². The minimum atomic E-state index is -0.212. The molecule has 1 saturated carbocycles. The van der Waals surface area contributed by atoms with Crippen LogP contribution in [0.25, 0.3) is 0 Å². The summed E-state index contributed by atoms with van der Waals surface area (Å²) in [7, 11) is 0. The van der Waals surface area contributed by atoms with Crippen molar-refractivity contribution in [1.82, 2.24) is 0 Å². The van der Waals surface area contributed by atoms with Gasteiger partial charge in [0.1, 0.15) is 5.75 Å². The van der Waals surface area contributed by atoms with Crippen molar-refractivity contribution in [3.05, 3.63) is 28.8 Å². The van der Waals surface area contributed by atoms with Gasteiger partial charge < -0.3 is 10.2 Å². The van der Waals surface area contributed by atoms with Gasteiger partial charge in [0.2, 0.25) is 0 Å². The Labute approximate surface area is 134 Å². The molecule has 2 nitrogen and oxygen atoms in total. The summed E-state index contributed by atoms with van der Waals surface area (Å²) < 4.78 is 0. The highest BCUT2D eigenvalue weighted by atomic mass is 16.3. The molecule has 1 aromatic rings. The Bertz CT molecular complexity index is 588. The molecule has 2 N–H and O–H groups in total. The molecule has 3 rings (SSSR count). The van der Waals surface area contributed by atoms with Crippen LogP contribution in [0.4, 0.5) is 0 Å². The van der Waals surface area contributed by atoms with Gasteiger partial charge in [-0.3, -0.25) is 0 Å². The van der Waals surface area contributed by atoms with E-state index in [0.717, 1.165) is 36.8 Å². The van der Waals surface area contributed by atoms with E-state index in [4.69, 9.17) is 0 Å². The van der Waals surface area contributed by atoms with Gasteiger partial charge >= 0.3 is 0 Å². The smallest absolute Gasteiger partial charge is 0.122 e. The number of aliphatic hydroxyl groups excluding tert-OH is 1. The first-order valence-electron chi connectivity index (χ1n) is 8.73. The third-order valence-electron chi connectivity index (χ3n) is 6.70. The molecule has 0 amide bonds. The summed E-state index contributed by atoms with van der Waals surface area (Å²) in [6.07, 6.45) is 3.64. The van der Waals surface area contributed by atoms with Gasteiger partial charge in [-0.15, -0.1) is 0 Å². The lowest BCUT2D eigenvalue weighted by atomic mass is 9.49. The van der Waals surface area contributed by atoms with Gasteiger partial charge in [-0.1, -0.05) is 46.8 Å². The summed E-state index contributed by atoms with van der Waals surface area (Å²) >= 11 is 0. The number of fused-ring (bicyclic) bond motifs is 3. The van der Waals surface area contributed by atoms with E-state index in [1.54, 1.807) is 0 Å². The molecule has 2 heteroatoms. The molecule has 0 bridgehead atoms. The first-order chi connectivity index (χ1) is 10.2. The first-order valence-corrected chi connectivity index (χ1v) is 8.73. The molecule has 2 aliphatic carbocycles. The molecule has 2 aliphatic rings. The van der Waals surface area contributed by atoms with Crippen LogP contribution >= 0.6 is 0 Å². The van der Waals surface area contributed by atoms with E-state index >= 15 is 0 Å². The van der Waals surface area contributed by atoms with Crippen LogP contribution in [0, 0.1) is 11.3 Å². The van der Waals surface area contributed by atoms with Crippen molar-refractivity contribution in [3.63, 3.8) is 0 Å². The zero-order valence-corrected chi connectivity index (χ0v) is 14.6. The van der Waals surface area contributed by atoms with E-state index in [1.807, 2.05) is 0 Å². The quantitative estimate of drug-likeness (QED) is 0.801. The lowest BCUT2D eigenvalue weighted by molar-refractivity contribution is -0.0732. The standard InChI is InChI=1S/C20H30O2/c1-12(2)13-6-8-15-14(18(13)22)7-9-16-19(3,4)17(21)10-11-20(15,16)5/h6,8,12,16-17,21-22H,7,9-11H2,1-5H3. The molecule has 0 saturated heterocycles. The van der Waals surface area contributed by atoms with Crippen LogP contribution in [0.1, 0.15) is 76.5 Å². The predicted octanol–water partition coefficient (Wildman–Crippen LogP) is 4.52. The molecular weight excluding hydrogens is 272 g/mol. The van der Waals surface area contributed by atoms with Crippen LogP contribution in [0.3, 0.4) is 0 Å². The van der Waals surface area contributed by atoms with Gasteiger partial charge in [-0.05, 0) is 65.0 Å². The Morgan fingerprint density at radius 2 is 1.82 bits per heavy atom. The van der Waals surface area contributed by atoms with E-state index in [9.17, 15) is 10.2 Å². The monoisotopic (exact) mass is 302 g/mol. The number of phenolic OH excluding ortho intramolecular Hbond substituents is 1. The molecule has 0 aromatic heterocycles. The fourth-order valence-corrected chi connectivity index (χ4v) is 5.25. The maximum absolute atomic E-state index is 10.7. The first kappa shape index (κ1) is 15.9. The molecule has 3 unspecified atom stereocenters. The van der Waals surface area contributed by atoms with Gasteiger partial charge in [0.25, 0.3) is 0 Å². The third kappa shape index (κ3) is 2.03. The van der Waals surface area contributed by atoms with Gasteiger partial charge in [0, 0.05) is 0 Å². The number of rotatable bonds is 1. The van der Waals surface area contributed by atoms with E-state index < -0.39 is 0 Å². The largest absolute Gasteiger partial charge is 0.507 e. The second kappa shape index (κ2) is 4.99. The minimum Gasteiger partial charge on any atom is -0.507 e. The Morgan fingerprint density at radius 1 is 1.14 bits per heavy atom. The van der Waals surface area contributed by atoms with Crippen molar-refractivity contribution in [2.24, 2.45) is 11.3 Å². The molecule has 3 atom stereocenters. The lowest BCUT2D eigenvalue weighted by Gasteiger charge is -2.56. The zero-order valence-electron chi connectivity index (χ0n) is 14.6. The number of aromatic hydroxyl groups is 1. The van der Waals surface area contributed by atoms with Crippen LogP contribution in [-0.2, 0) is 11.8 Å². The highest BCUT2D eigenvalue weighted by Gasteiger charge is 2.53. The van der Waals surface area contributed by atoms with Crippen molar-refractivity contribution in [3.8, 4) is 5.75 Å². The molecule has 0 heterocycles. The third-order valence-corrected chi connectivity index (χ3v) is 6.70. The molecule has 1 fully saturated rings. The number of benzene rings is 1. The number of hydrogen-bond donors (Lipinski definition) is 2. The summed E-state index contributed by atoms with van der Waals surface area (Å²) in [6.45, 7) is 11.0. The Hall–Kier alpha value is -1.02. The fraction of sp³-hybridized carbons (Fsp3) is 0.700. The van der Waals surface area contributed by atoms with Crippen LogP contribution in [-0.4, -0.2) is 16.3 Å². The summed E-state index contributed by atoms with van der Waals surface area (Å²) in [4.78, 5) is 0. The minimum absolute atomic E-state index is 0.0585. The number of hydrogen-bond acceptors (Lipinski definition) is 2. The van der Waals surface area contributed by atoms with Gasteiger partial charge in [0.05, 0.1) is 6.10 Å². The Kier molecular flexibility index (Phi) is 3.60. The number of aliphatic hydroxyl groups is 1. The summed E-state index contributed by atoms with van der Waals surface area (Å²) in [6, 6.07) is 4.37. The Morgan fingerprint density at radius 3 is 2.45 bits per heavy atom. The maximum atomic E-state index is 10.7. The SMILES string of the molecule is CC(C)c1ccc2c(c1O)CCC1C2(C)CCC(O)C1(C)C. The van der Waals surface area contributed by atoms with Gasteiger partial charge in [-0.2, -0.15) is 0 Å². The second-order valence-corrected chi connectivity index (χ2v) is 8.57. The van der Waals surface area contributed by atoms with Gasteiger partial charge in [-0.25, -0.2) is 0 Å². The van der Waals surface area contributed by atoms with Crippen molar-refractivity contribution in [2.75, 3.05) is 0 Å². The summed E-state index contributed by atoms with van der Waals surface area (Å²) in [5.74, 6) is 1.34. The maximum Gasteiger partial charge on any atom is 0.122 e. The van der Waals surface area contributed by atoms with Crippen LogP contribution < -0.4 is 0 Å². The fourth-order valence-electron chi connectivity index (χ4n) is 5.25.